The first-order valence-corrected chi connectivity index (χ1v) is 8.68. The standard InChI is InChI=1S/C14H16FNO3S2/c1-19-8-7-16(10-12-6-9-20-11-12)21(17,18)14-5-3-2-4-13(14)15/h2-6,9,11H,7-8,10H2,1H3. The lowest BCUT2D eigenvalue weighted by Gasteiger charge is -2.21. The topological polar surface area (TPSA) is 46.6 Å². The monoisotopic (exact) mass is 329 g/mol. The SMILES string of the molecule is COCCN(Cc1ccsc1)S(=O)(=O)c1ccccc1F. The molecule has 0 radical (unpaired) electrons. The number of ether oxygens (including phenoxy) is 1. The van der Waals surface area contributed by atoms with Crippen LogP contribution in [0.15, 0.2) is 46.0 Å². The number of halogens is 1. The summed E-state index contributed by atoms with van der Waals surface area (Å²) in [6.45, 7) is 0.615. The summed E-state index contributed by atoms with van der Waals surface area (Å²) in [5.74, 6) is -0.745. The summed E-state index contributed by atoms with van der Waals surface area (Å²) in [5, 5.41) is 3.75. The highest BCUT2D eigenvalue weighted by atomic mass is 32.2. The van der Waals surface area contributed by atoms with E-state index in [1.165, 1.54) is 41.0 Å². The van der Waals surface area contributed by atoms with Crippen molar-refractivity contribution in [3.8, 4) is 0 Å². The number of sulfonamides is 1. The van der Waals surface area contributed by atoms with E-state index >= 15 is 0 Å². The zero-order valence-corrected chi connectivity index (χ0v) is 13.2. The van der Waals surface area contributed by atoms with Gasteiger partial charge in [0.05, 0.1) is 6.61 Å². The Morgan fingerprint density at radius 1 is 1.29 bits per heavy atom. The molecule has 0 atom stereocenters. The number of methoxy groups -OCH3 is 1. The van der Waals surface area contributed by atoms with Crippen LogP contribution in [0.25, 0.3) is 0 Å². The third-order valence-corrected chi connectivity index (χ3v) is 5.55. The molecule has 0 amide bonds. The maximum Gasteiger partial charge on any atom is 0.246 e. The summed E-state index contributed by atoms with van der Waals surface area (Å²) in [6, 6.07) is 7.24. The zero-order valence-electron chi connectivity index (χ0n) is 11.5. The lowest BCUT2D eigenvalue weighted by atomic mass is 10.3. The molecular weight excluding hydrogens is 313 g/mol. The van der Waals surface area contributed by atoms with Crippen LogP contribution >= 0.6 is 11.3 Å². The zero-order chi connectivity index (χ0) is 15.3. The van der Waals surface area contributed by atoms with Gasteiger partial charge in [0.2, 0.25) is 10.0 Å². The van der Waals surface area contributed by atoms with E-state index in [0.29, 0.717) is 0 Å². The lowest BCUT2D eigenvalue weighted by molar-refractivity contribution is 0.177. The van der Waals surface area contributed by atoms with Gasteiger partial charge in [-0.05, 0) is 34.5 Å². The van der Waals surface area contributed by atoms with Gasteiger partial charge in [-0.3, -0.25) is 0 Å². The van der Waals surface area contributed by atoms with Gasteiger partial charge in [0.15, 0.2) is 0 Å². The van der Waals surface area contributed by atoms with Gasteiger partial charge in [0.1, 0.15) is 10.7 Å². The molecule has 2 rings (SSSR count). The first kappa shape index (κ1) is 16.1. The van der Waals surface area contributed by atoms with Crippen molar-refractivity contribution >= 4 is 21.4 Å². The molecule has 0 spiro atoms. The van der Waals surface area contributed by atoms with Crippen LogP contribution in [0, 0.1) is 5.82 Å². The molecule has 0 aliphatic carbocycles. The number of nitrogens with zero attached hydrogens (tertiary/aromatic N) is 1. The molecular formula is C14H16FNO3S2. The Kier molecular flexibility index (Phi) is 5.46. The minimum atomic E-state index is -3.90. The van der Waals surface area contributed by atoms with Crippen molar-refractivity contribution in [3.05, 3.63) is 52.5 Å². The average Bonchev–Trinajstić information content (AvgIpc) is 2.96. The van der Waals surface area contributed by atoms with Crippen LogP contribution in [0.4, 0.5) is 4.39 Å². The van der Waals surface area contributed by atoms with Crippen molar-refractivity contribution in [2.75, 3.05) is 20.3 Å². The molecule has 0 N–H and O–H groups in total. The summed E-state index contributed by atoms with van der Waals surface area (Å²) >= 11 is 1.49. The molecule has 7 heteroatoms. The van der Waals surface area contributed by atoms with Crippen LogP contribution in [-0.4, -0.2) is 33.0 Å². The summed E-state index contributed by atoms with van der Waals surface area (Å²) < 4.78 is 45.2. The third-order valence-electron chi connectivity index (χ3n) is 2.94. The Hall–Kier alpha value is -1.28. The van der Waals surface area contributed by atoms with Gasteiger partial charge in [-0.2, -0.15) is 15.6 Å². The number of rotatable bonds is 7. The Labute approximate surface area is 127 Å². The smallest absolute Gasteiger partial charge is 0.246 e. The van der Waals surface area contributed by atoms with Crippen molar-refractivity contribution in [1.29, 1.82) is 0 Å². The fourth-order valence-corrected chi connectivity index (χ4v) is 3.99. The van der Waals surface area contributed by atoms with Crippen molar-refractivity contribution in [1.82, 2.24) is 4.31 Å². The fraction of sp³-hybridized carbons (Fsp3) is 0.286. The maximum atomic E-state index is 13.8. The van der Waals surface area contributed by atoms with E-state index in [1.54, 1.807) is 0 Å². The molecule has 0 aliphatic heterocycles. The number of benzene rings is 1. The molecule has 0 bridgehead atoms. The second-order valence-corrected chi connectivity index (χ2v) is 7.08. The van der Waals surface area contributed by atoms with E-state index in [0.717, 1.165) is 11.6 Å². The minimum absolute atomic E-state index is 0.170. The van der Waals surface area contributed by atoms with Crippen molar-refractivity contribution in [2.45, 2.75) is 11.4 Å². The van der Waals surface area contributed by atoms with Gasteiger partial charge < -0.3 is 4.74 Å². The Bertz CT molecular complexity index is 671. The number of thiophene rings is 1. The summed E-state index contributed by atoms with van der Waals surface area (Å²) in [5.41, 5.74) is 0.871. The van der Waals surface area contributed by atoms with E-state index < -0.39 is 15.8 Å². The second-order valence-electron chi connectivity index (χ2n) is 4.39. The Morgan fingerprint density at radius 2 is 2.05 bits per heavy atom. The van der Waals surface area contributed by atoms with Gasteiger partial charge in [-0.1, -0.05) is 12.1 Å². The quantitative estimate of drug-likeness (QED) is 0.785. The Balaban J connectivity index is 2.32. The van der Waals surface area contributed by atoms with Crippen molar-refractivity contribution in [2.24, 2.45) is 0 Å². The molecule has 1 aromatic heterocycles. The predicted octanol–water partition coefficient (Wildman–Crippen LogP) is 2.72. The van der Waals surface area contributed by atoms with Crippen LogP contribution < -0.4 is 0 Å². The lowest BCUT2D eigenvalue weighted by Crippen LogP contribution is -2.33. The highest BCUT2D eigenvalue weighted by Crippen LogP contribution is 2.21. The minimum Gasteiger partial charge on any atom is -0.383 e. The Morgan fingerprint density at radius 3 is 2.67 bits per heavy atom. The predicted molar refractivity (Wildman–Crippen MR) is 80.2 cm³/mol. The highest BCUT2D eigenvalue weighted by Gasteiger charge is 2.27. The largest absolute Gasteiger partial charge is 0.383 e. The molecule has 21 heavy (non-hydrogen) atoms. The van der Waals surface area contributed by atoms with Crippen molar-refractivity contribution < 1.29 is 17.5 Å². The number of hydrogen-bond donors (Lipinski definition) is 0. The molecule has 0 aliphatic rings. The van der Waals surface area contributed by atoms with Gasteiger partial charge in [-0.15, -0.1) is 0 Å². The summed E-state index contributed by atoms with van der Waals surface area (Å²) in [4.78, 5) is -0.309. The molecule has 0 saturated carbocycles. The van der Waals surface area contributed by atoms with Gasteiger partial charge in [0.25, 0.3) is 0 Å². The van der Waals surface area contributed by atoms with E-state index in [9.17, 15) is 12.8 Å². The molecule has 1 heterocycles. The highest BCUT2D eigenvalue weighted by molar-refractivity contribution is 7.89. The fourth-order valence-electron chi connectivity index (χ4n) is 1.86. The molecule has 0 fully saturated rings. The van der Waals surface area contributed by atoms with Crippen LogP contribution in [-0.2, 0) is 21.3 Å². The molecule has 2 aromatic rings. The summed E-state index contributed by atoms with van der Waals surface area (Å²) in [7, 11) is -2.40. The maximum absolute atomic E-state index is 13.8. The molecule has 114 valence electrons. The summed E-state index contributed by atoms with van der Waals surface area (Å²) in [6.07, 6.45) is 0. The first-order valence-electron chi connectivity index (χ1n) is 6.30. The first-order chi connectivity index (χ1) is 10.1. The van der Waals surface area contributed by atoms with Gasteiger partial charge in [0, 0.05) is 20.2 Å². The van der Waals surface area contributed by atoms with Gasteiger partial charge in [-0.25, -0.2) is 12.8 Å². The molecule has 0 saturated heterocycles. The van der Waals surface area contributed by atoms with E-state index in [-0.39, 0.29) is 24.6 Å². The second kappa shape index (κ2) is 7.13. The van der Waals surface area contributed by atoms with E-state index in [4.69, 9.17) is 4.74 Å². The molecule has 0 unspecified atom stereocenters. The van der Waals surface area contributed by atoms with Gasteiger partial charge >= 0.3 is 0 Å². The van der Waals surface area contributed by atoms with E-state index in [2.05, 4.69) is 0 Å². The van der Waals surface area contributed by atoms with Crippen LogP contribution in [0.1, 0.15) is 5.56 Å². The van der Waals surface area contributed by atoms with Crippen LogP contribution in [0.3, 0.4) is 0 Å². The van der Waals surface area contributed by atoms with Crippen LogP contribution in [0.5, 0.6) is 0 Å². The molecule has 4 nitrogen and oxygen atoms in total. The normalized spacial score (nSPS) is 12.0. The van der Waals surface area contributed by atoms with E-state index in [1.807, 2.05) is 16.8 Å². The van der Waals surface area contributed by atoms with Crippen LogP contribution in [0.2, 0.25) is 0 Å². The molecule has 1 aromatic carbocycles. The van der Waals surface area contributed by atoms with Crippen molar-refractivity contribution in [3.63, 3.8) is 0 Å². The average molecular weight is 329 g/mol. The number of hydrogen-bond acceptors (Lipinski definition) is 4. The third kappa shape index (κ3) is 3.88.